The number of para-hydroxylation sites is 1. The van der Waals surface area contributed by atoms with Gasteiger partial charge >= 0.3 is 0 Å². The van der Waals surface area contributed by atoms with Gasteiger partial charge in [-0.3, -0.25) is 4.79 Å². The fraction of sp³-hybridized carbons (Fsp3) is 0.0556. The smallest absolute Gasteiger partial charge is 0.260 e. The van der Waals surface area contributed by atoms with Crippen LogP contribution in [0, 0.1) is 0 Å². The second-order valence-electron chi connectivity index (χ2n) is 4.95. The van der Waals surface area contributed by atoms with E-state index in [-0.39, 0.29) is 16.6 Å². The first-order valence-electron chi connectivity index (χ1n) is 7.36. The molecule has 3 aromatic rings. The van der Waals surface area contributed by atoms with Crippen molar-refractivity contribution < 1.29 is 9.53 Å². The summed E-state index contributed by atoms with van der Waals surface area (Å²) in [5.41, 5.74) is 0.847. The molecule has 2 aromatic carbocycles. The number of amides is 1. The fourth-order valence-corrected chi connectivity index (χ4v) is 2.63. The van der Waals surface area contributed by atoms with E-state index in [2.05, 4.69) is 15.3 Å². The van der Waals surface area contributed by atoms with Gasteiger partial charge in [0.2, 0.25) is 0 Å². The Balaban J connectivity index is 1.68. The van der Waals surface area contributed by atoms with E-state index in [1.165, 1.54) is 18.0 Å². The lowest BCUT2D eigenvalue weighted by Crippen LogP contribution is -2.13. The maximum Gasteiger partial charge on any atom is 0.260 e. The first kappa shape index (κ1) is 17.3. The Morgan fingerprint density at radius 2 is 1.76 bits per heavy atom. The van der Waals surface area contributed by atoms with Crippen LogP contribution in [0.5, 0.6) is 11.5 Å². The summed E-state index contributed by atoms with van der Waals surface area (Å²) in [4.78, 5) is 20.4. The number of carbonyl (C=O) groups is 1. The number of hydrogen-bond acceptors (Lipinski definition) is 5. The van der Waals surface area contributed by atoms with Crippen molar-refractivity contribution in [1.82, 2.24) is 9.97 Å². The van der Waals surface area contributed by atoms with Gasteiger partial charge in [-0.2, -0.15) is 0 Å². The van der Waals surface area contributed by atoms with E-state index >= 15 is 0 Å². The van der Waals surface area contributed by atoms with Crippen molar-refractivity contribution in [3.8, 4) is 11.5 Å². The molecule has 0 unspecified atom stereocenters. The lowest BCUT2D eigenvalue weighted by molar-refractivity contribution is 0.102. The van der Waals surface area contributed by atoms with Gasteiger partial charge in [0.1, 0.15) is 16.7 Å². The number of carbonyl (C=O) groups excluding carboxylic acids is 1. The zero-order valence-corrected chi connectivity index (χ0v) is 14.8. The van der Waals surface area contributed by atoms with Crippen LogP contribution >= 0.6 is 23.4 Å². The molecular formula is C18H14ClN3O2S. The molecule has 0 bridgehead atoms. The van der Waals surface area contributed by atoms with Crippen molar-refractivity contribution >= 4 is 35.0 Å². The van der Waals surface area contributed by atoms with Crippen LogP contribution in [0.4, 0.5) is 5.69 Å². The average Bonchev–Trinajstić information content (AvgIpc) is 2.64. The second-order valence-corrected chi connectivity index (χ2v) is 6.09. The van der Waals surface area contributed by atoms with E-state index < -0.39 is 0 Å². The highest BCUT2D eigenvalue weighted by molar-refractivity contribution is 7.98. The lowest BCUT2D eigenvalue weighted by Gasteiger charge is -2.09. The van der Waals surface area contributed by atoms with Gasteiger partial charge in [0.25, 0.3) is 5.91 Å². The number of nitrogens with zero attached hydrogens (tertiary/aromatic N) is 2. The standard InChI is InChI=1S/C18H14ClN3O2S/c1-25-18-20-11-15(16(19)22-18)17(23)21-12-7-9-14(10-8-12)24-13-5-3-2-4-6-13/h2-11H,1H3,(H,21,23). The van der Waals surface area contributed by atoms with Gasteiger partial charge in [-0.05, 0) is 42.7 Å². The van der Waals surface area contributed by atoms with Crippen LogP contribution in [-0.2, 0) is 0 Å². The zero-order valence-electron chi connectivity index (χ0n) is 13.3. The normalized spacial score (nSPS) is 10.3. The summed E-state index contributed by atoms with van der Waals surface area (Å²) in [7, 11) is 0. The Labute approximate surface area is 154 Å². The molecule has 0 saturated carbocycles. The summed E-state index contributed by atoms with van der Waals surface area (Å²) in [5, 5.41) is 3.41. The van der Waals surface area contributed by atoms with E-state index in [0.29, 0.717) is 16.6 Å². The van der Waals surface area contributed by atoms with Crippen LogP contribution in [0.2, 0.25) is 5.15 Å². The number of nitrogens with one attached hydrogen (secondary N) is 1. The summed E-state index contributed by atoms with van der Waals surface area (Å²) in [5.74, 6) is 1.06. The molecule has 5 nitrogen and oxygen atoms in total. The van der Waals surface area contributed by atoms with Crippen LogP contribution in [0.1, 0.15) is 10.4 Å². The van der Waals surface area contributed by atoms with Gasteiger partial charge < -0.3 is 10.1 Å². The highest BCUT2D eigenvalue weighted by Gasteiger charge is 2.13. The van der Waals surface area contributed by atoms with Gasteiger partial charge in [0.05, 0.1) is 5.56 Å². The third-order valence-electron chi connectivity index (χ3n) is 3.24. The zero-order chi connectivity index (χ0) is 17.6. The maximum absolute atomic E-state index is 12.3. The first-order valence-corrected chi connectivity index (χ1v) is 8.97. The molecule has 126 valence electrons. The first-order chi connectivity index (χ1) is 12.2. The summed E-state index contributed by atoms with van der Waals surface area (Å²) in [6.07, 6.45) is 3.26. The van der Waals surface area contributed by atoms with Crippen LogP contribution in [0.25, 0.3) is 0 Å². The van der Waals surface area contributed by atoms with E-state index in [4.69, 9.17) is 16.3 Å². The number of halogens is 1. The number of rotatable bonds is 5. The summed E-state index contributed by atoms with van der Waals surface area (Å²) < 4.78 is 5.71. The molecule has 0 radical (unpaired) electrons. The Bertz CT molecular complexity index is 873. The van der Waals surface area contributed by atoms with Crippen molar-refractivity contribution in [2.75, 3.05) is 11.6 Å². The quantitative estimate of drug-likeness (QED) is 0.392. The molecule has 7 heteroatoms. The van der Waals surface area contributed by atoms with E-state index in [1.54, 1.807) is 24.3 Å². The second kappa shape index (κ2) is 8.00. The SMILES string of the molecule is CSc1ncc(C(=O)Nc2ccc(Oc3ccccc3)cc2)c(Cl)n1. The average molecular weight is 372 g/mol. The third-order valence-corrected chi connectivity index (χ3v) is 4.09. The number of benzene rings is 2. The van der Waals surface area contributed by atoms with Crippen LogP contribution in [-0.4, -0.2) is 22.1 Å². The minimum Gasteiger partial charge on any atom is -0.457 e. The molecule has 0 spiro atoms. The van der Waals surface area contributed by atoms with Gasteiger partial charge in [-0.1, -0.05) is 41.6 Å². The van der Waals surface area contributed by atoms with Crippen molar-refractivity contribution in [3.05, 3.63) is 71.5 Å². The number of thioether (sulfide) groups is 1. The number of anilines is 1. The summed E-state index contributed by atoms with van der Waals surface area (Å²) in [6, 6.07) is 16.5. The molecule has 1 N–H and O–H groups in total. The Morgan fingerprint density at radius 1 is 1.08 bits per heavy atom. The molecule has 0 aliphatic rings. The largest absolute Gasteiger partial charge is 0.457 e. The molecular weight excluding hydrogens is 358 g/mol. The predicted octanol–water partition coefficient (Wildman–Crippen LogP) is 4.90. The Morgan fingerprint density at radius 3 is 2.40 bits per heavy atom. The minimum atomic E-state index is -0.366. The summed E-state index contributed by atoms with van der Waals surface area (Å²) >= 11 is 7.40. The Hall–Kier alpha value is -2.57. The van der Waals surface area contributed by atoms with Gasteiger partial charge in [0, 0.05) is 11.9 Å². The minimum absolute atomic E-state index is 0.126. The molecule has 1 amide bonds. The summed E-state index contributed by atoms with van der Waals surface area (Å²) in [6.45, 7) is 0. The van der Waals surface area contributed by atoms with Crippen LogP contribution in [0.15, 0.2) is 66.0 Å². The van der Waals surface area contributed by atoms with Crippen LogP contribution < -0.4 is 10.1 Å². The molecule has 0 fully saturated rings. The van der Waals surface area contributed by atoms with Crippen molar-refractivity contribution in [1.29, 1.82) is 0 Å². The van der Waals surface area contributed by atoms with E-state index in [0.717, 1.165) is 5.75 Å². The van der Waals surface area contributed by atoms with Crippen LogP contribution in [0.3, 0.4) is 0 Å². The monoisotopic (exact) mass is 371 g/mol. The van der Waals surface area contributed by atoms with E-state index in [1.807, 2.05) is 36.6 Å². The molecule has 0 saturated heterocycles. The van der Waals surface area contributed by atoms with E-state index in [9.17, 15) is 4.79 Å². The fourth-order valence-electron chi connectivity index (χ4n) is 2.03. The molecule has 0 aliphatic carbocycles. The highest BCUT2D eigenvalue weighted by atomic mass is 35.5. The maximum atomic E-state index is 12.3. The topological polar surface area (TPSA) is 64.1 Å². The number of hydrogen-bond donors (Lipinski definition) is 1. The van der Waals surface area contributed by atoms with Gasteiger partial charge in [0.15, 0.2) is 5.16 Å². The van der Waals surface area contributed by atoms with Crippen molar-refractivity contribution in [3.63, 3.8) is 0 Å². The molecule has 0 atom stereocenters. The predicted molar refractivity (Wildman–Crippen MR) is 99.7 cm³/mol. The lowest BCUT2D eigenvalue weighted by atomic mass is 10.2. The van der Waals surface area contributed by atoms with Gasteiger partial charge in [-0.25, -0.2) is 9.97 Å². The molecule has 0 aliphatic heterocycles. The Kier molecular flexibility index (Phi) is 5.53. The number of aromatic nitrogens is 2. The molecule has 1 heterocycles. The molecule has 1 aromatic heterocycles. The molecule has 25 heavy (non-hydrogen) atoms. The van der Waals surface area contributed by atoms with Crippen molar-refractivity contribution in [2.45, 2.75) is 5.16 Å². The number of ether oxygens (including phenoxy) is 1. The molecule has 3 rings (SSSR count). The highest BCUT2D eigenvalue weighted by Crippen LogP contribution is 2.23. The van der Waals surface area contributed by atoms with Gasteiger partial charge in [-0.15, -0.1) is 0 Å². The third kappa shape index (κ3) is 4.49. The van der Waals surface area contributed by atoms with Crippen molar-refractivity contribution in [2.24, 2.45) is 0 Å².